The van der Waals surface area contributed by atoms with Crippen LogP contribution in [0.2, 0.25) is 0 Å². The van der Waals surface area contributed by atoms with Gasteiger partial charge in [-0.05, 0) is 25.8 Å². The Bertz CT molecular complexity index is 436. The van der Waals surface area contributed by atoms with Crippen LogP contribution in [-0.4, -0.2) is 46.8 Å². The fourth-order valence-corrected chi connectivity index (χ4v) is 2.63. The topological polar surface area (TPSA) is 50.2 Å². The molecular weight excluding hydrogens is 276 g/mol. The Labute approximate surface area is 127 Å². The summed E-state index contributed by atoms with van der Waals surface area (Å²) in [6, 6.07) is 2.31. The molecule has 6 heteroatoms. The number of aromatic nitrogens is 2. The lowest BCUT2D eigenvalue weighted by Gasteiger charge is -2.26. The molecule has 1 aliphatic rings. The second-order valence-electron chi connectivity index (χ2n) is 5.13. The summed E-state index contributed by atoms with van der Waals surface area (Å²) in [5, 5.41) is 7.79. The minimum atomic E-state index is 0. The maximum atomic E-state index is 12.4. The maximum absolute atomic E-state index is 12.4. The smallest absolute Gasteiger partial charge is 0.274 e. The van der Waals surface area contributed by atoms with E-state index < -0.39 is 0 Å². The summed E-state index contributed by atoms with van der Waals surface area (Å²) in [6.45, 7) is 9.64. The van der Waals surface area contributed by atoms with Crippen molar-refractivity contribution in [1.29, 1.82) is 0 Å². The Hall–Kier alpha value is -1.07. The van der Waals surface area contributed by atoms with Crippen LogP contribution in [0.5, 0.6) is 0 Å². The molecule has 1 aliphatic heterocycles. The number of nitrogens with zero attached hydrogens (tertiary/aromatic N) is 3. The summed E-state index contributed by atoms with van der Waals surface area (Å²) >= 11 is 0. The number of amides is 1. The molecule has 0 aliphatic carbocycles. The van der Waals surface area contributed by atoms with Crippen LogP contribution in [0.4, 0.5) is 0 Å². The van der Waals surface area contributed by atoms with Gasteiger partial charge in [-0.3, -0.25) is 9.48 Å². The number of nitrogens with one attached hydrogen (secondary N) is 1. The number of piperazine rings is 1. The molecule has 20 heavy (non-hydrogen) atoms. The average molecular weight is 301 g/mol. The highest BCUT2D eigenvalue weighted by molar-refractivity contribution is 5.92. The maximum Gasteiger partial charge on any atom is 0.274 e. The average Bonchev–Trinajstić information content (AvgIpc) is 2.83. The summed E-state index contributed by atoms with van der Waals surface area (Å²) in [7, 11) is 0. The van der Waals surface area contributed by atoms with E-state index in [4.69, 9.17) is 0 Å². The van der Waals surface area contributed by atoms with Gasteiger partial charge in [0.2, 0.25) is 0 Å². The largest absolute Gasteiger partial charge is 0.335 e. The molecule has 0 saturated carbocycles. The predicted octanol–water partition coefficient (Wildman–Crippen LogP) is 2.02. The van der Waals surface area contributed by atoms with Gasteiger partial charge in [-0.2, -0.15) is 5.10 Å². The van der Waals surface area contributed by atoms with Crippen molar-refractivity contribution in [2.45, 2.75) is 39.7 Å². The molecule has 0 unspecified atom stereocenters. The van der Waals surface area contributed by atoms with Crippen LogP contribution in [0.3, 0.4) is 0 Å². The van der Waals surface area contributed by atoms with Crippen LogP contribution in [0.25, 0.3) is 0 Å². The van der Waals surface area contributed by atoms with E-state index >= 15 is 0 Å². The number of hydrogen-bond donors (Lipinski definition) is 1. The van der Waals surface area contributed by atoms with Crippen molar-refractivity contribution in [2.75, 3.05) is 26.2 Å². The van der Waals surface area contributed by atoms with Crippen LogP contribution in [0, 0.1) is 6.92 Å². The first-order valence-electron chi connectivity index (χ1n) is 7.23. The molecule has 114 valence electrons. The van der Waals surface area contributed by atoms with Gasteiger partial charge in [0.05, 0.1) is 6.04 Å². The Balaban J connectivity index is 0.00000200. The SMILES string of the molecule is CCC(CC)n1nc(C(=O)N2CCNCC2)cc1C.Cl. The third-order valence-electron chi connectivity index (χ3n) is 3.83. The van der Waals surface area contributed by atoms with E-state index in [0.717, 1.165) is 44.7 Å². The number of rotatable bonds is 4. The molecule has 0 atom stereocenters. The van der Waals surface area contributed by atoms with Crippen LogP contribution in [0.1, 0.15) is 48.9 Å². The normalized spacial score (nSPS) is 15.3. The van der Waals surface area contributed by atoms with Crippen molar-refractivity contribution < 1.29 is 4.79 Å². The molecule has 0 aromatic carbocycles. The van der Waals surface area contributed by atoms with E-state index in [1.54, 1.807) is 0 Å². The molecule has 2 rings (SSSR count). The molecule has 1 saturated heterocycles. The zero-order valence-corrected chi connectivity index (χ0v) is 13.4. The Morgan fingerprint density at radius 3 is 2.50 bits per heavy atom. The lowest BCUT2D eigenvalue weighted by Crippen LogP contribution is -2.46. The fourth-order valence-electron chi connectivity index (χ4n) is 2.63. The standard InChI is InChI=1S/C14H24N4O.ClH/c1-4-12(5-2)18-11(3)10-13(16-18)14(19)17-8-6-15-7-9-17;/h10,12,15H,4-9H2,1-3H3;1H. The van der Waals surface area contributed by atoms with Crippen LogP contribution < -0.4 is 5.32 Å². The number of aryl methyl sites for hydroxylation is 1. The lowest BCUT2D eigenvalue weighted by molar-refractivity contribution is 0.0728. The summed E-state index contributed by atoms with van der Waals surface area (Å²) in [4.78, 5) is 14.3. The minimum absolute atomic E-state index is 0. The molecule has 1 N–H and O–H groups in total. The van der Waals surface area contributed by atoms with E-state index in [1.165, 1.54) is 0 Å². The molecule has 1 fully saturated rings. The number of halogens is 1. The van der Waals surface area contributed by atoms with Gasteiger partial charge in [-0.25, -0.2) is 0 Å². The third-order valence-corrected chi connectivity index (χ3v) is 3.83. The zero-order chi connectivity index (χ0) is 13.8. The summed E-state index contributed by atoms with van der Waals surface area (Å²) in [6.07, 6.45) is 2.08. The number of carbonyl (C=O) groups is 1. The molecule has 0 radical (unpaired) electrons. The molecule has 0 bridgehead atoms. The van der Waals surface area contributed by atoms with Gasteiger partial charge >= 0.3 is 0 Å². The van der Waals surface area contributed by atoms with Crippen LogP contribution >= 0.6 is 12.4 Å². The zero-order valence-electron chi connectivity index (χ0n) is 12.6. The first-order valence-corrected chi connectivity index (χ1v) is 7.23. The van der Waals surface area contributed by atoms with Gasteiger partial charge in [0.25, 0.3) is 5.91 Å². The first kappa shape index (κ1) is 17.0. The van der Waals surface area contributed by atoms with Gasteiger partial charge in [-0.15, -0.1) is 12.4 Å². The van der Waals surface area contributed by atoms with Gasteiger partial charge in [0.15, 0.2) is 5.69 Å². The summed E-state index contributed by atoms with van der Waals surface area (Å²) in [5.74, 6) is 0.0642. The lowest BCUT2D eigenvalue weighted by atomic mass is 10.2. The van der Waals surface area contributed by atoms with Crippen molar-refractivity contribution >= 4 is 18.3 Å². The summed E-state index contributed by atoms with van der Waals surface area (Å²) in [5.41, 5.74) is 1.67. The van der Waals surface area contributed by atoms with Crippen molar-refractivity contribution in [2.24, 2.45) is 0 Å². The number of carbonyl (C=O) groups excluding carboxylic acids is 1. The van der Waals surface area contributed by atoms with Gasteiger partial charge in [0, 0.05) is 31.9 Å². The molecule has 0 spiro atoms. The highest BCUT2D eigenvalue weighted by Crippen LogP contribution is 2.18. The second kappa shape index (κ2) is 7.64. The minimum Gasteiger partial charge on any atom is -0.335 e. The van der Waals surface area contributed by atoms with E-state index in [0.29, 0.717) is 11.7 Å². The fraction of sp³-hybridized carbons (Fsp3) is 0.714. The van der Waals surface area contributed by atoms with E-state index in [-0.39, 0.29) is 18.3 Å². The van der Waals surface area contributed by atoms with E-state index in [1.807, 2.05) is 22.6 Å². The van der Waals surface area contributed by atoms with E-state index in [2.05, 4.69) is 24.3 Å². The van der Waals surface area contributed by atoms with Gasteiger partial charge < -0.3 is 10.2 Å². The molecule has 1 aromatic heterocycles. The Morgan fingerprint density at radius 2 is 1.95 bits per heavy atom. The van der Waals surface area contributed by atoms with Crippen molar-refractivity contribution in [1.82, 2.24) is 20.0 Å². The quantitative estimate of drug-likeness (QED) is 0.925. The van der Waals surface area contributed by atoms with Gasteiger partial charge in [0.1, 0.15) is 0 Å². The molecule has 5 nitrogen and oxygen atoms in total. The monoisotopic (exact) mass is 300 g/mol. The van der Waals surface area contributed by atoms with Crippen LogP contribution in [-0.2, 0) is 0 Å². The number of hydrogen-bond acceptors (Lipinski definition) is 3. The molecule has 1 aromatic rings. The molecule has 2 heterocycles. The van der Waals surface area contributed by atoms with Crippen LogP contribution in [0.15, 0.2) is 6.07 Å². The Kier molecular flexibility index (Phi) is 6.49. The first-order chi connectivity index (χ1) is 9.17. The Morgan fingerprint density at radius 1 is 1.35 bits per heavy atom. The molecule has 1 amide bonds. The van der Waals surface area contributed by atoms with Crippen molar-refractivity contribution in [3.8, 4) is 0 Å². The van der Waals surface area contributed by atoms with Crippen molar-refractivity contribution in [3.63, 3.8) is 0 Å². The predicted molar refractivity (Wildman–Crippen MR) is 82.6 cm³/mol. The van der Waals surface area contributed by atoms with Gasteiger partial charge in [-0.1, -0.05) is 13.8 Å². The van der Waals surface area contributed by atoms with Crippen molar-refractivity contribution in [3.05, 3.63) is 17.5 Å². The molecular formula is C14H25ClN4O. The third kappa shape index (κ3) is 3.52. The highest BCUT2D eigenvalue weighted by atomic mass is 35.5. The van der Waals surface area contributed by atoms with E-state index in [9.17, 15) is 4.79 Å². The highest BCUT2D eigenvalue weighted by Gasteiger charge is 2.22. The summed E-state index contributed by atoms with van der Waals surface area (Å²) < 4.78 is 2.01. The second-order valence-corrected chi connectivity index (χ2v) is 5.13.